The minimum atomic E-state index is -0.302. The molecule has 2 heteroatoms. The van der Waals surface area contributed by atoms with Gasteiger partial charge in [0.2, 0.25) is 0 Å². The van der Waals surface area contributed by atoms with Crippen LogP contribution in [-0.4, -0.2) is 13.1 Å². The van der Waals surface area contributed by atoms with Gasteiger partial charge in [0.05, 0.1) is 12.5 Å². The Morgan fingerprint density at radius 2 is 2.33 bits per heavy atom. The van der Waals surface area contributed by atoms with Crippen molar-refractivity contribution in [3.8, 4) is 0 Å². The first-order valence-electron chi connectivity index (χ1n) is 4.36. The Bertz CT molecular complexity index is 208. The van der Waals surface area contributed by atoms with E-state index in [-0.39, 0.29) is 11.4 Å². The average Bonchev–Trinajstić information content (AvgIpc) is 2.09. The molecule has 0 amide bonds. The van der Waals surface area contributed by atoms with E-state index in [9.17, 15) is 4.79 Å². The molecule has 0 aliphatic heterocycles. The number of carbonyl (C=O) groups is 1. The van der Waals surface area contributed by atoms with E-state index in [1.807, 2.05) is 6.92 Å². The molecule has 0 radical (unpaired) electrons. The van der Waals surface area contributed by atoms with Crippen LogP contribution in [0.4, 0.5) is 0 Å². The first kappa shape index (κ1) is 9.30. The maximum Gasteiger partial charge on any atom is 0.312 e. The van der Waals surface area contributed by atoms with E-state index in [4.69, 9.17) is 4.74 Å². The van der Waals surface area contributed by atoms with Crippen molar-refractivity contribution in [3.63, 3.8) is 0 Å². The fourth-order valence-electron chi connectivity index (χ4n) is 1.64. The minimum Gasteiger partial charge on any atom is -0.469 e. The molecule has 0 aromatic rings. The highest BCUT2D eigenvalue weighted by Gasteiger charge is 2.39. The van der Waals surface area contributed by atoms with E-state index in [0.29, 0.717) is 5.92 Å². The maximum absolute atomic E-state index is 11.4. The predicted octanol–water partition coefficient (Wildman–Crippen LogP) is 2.15. The molecule has 0 unspecified atom stereocenters. The summed E-state index contributed by atoms with van der Waals surface area (Å²) in [6.07, 6.45) is 6.11. The lowest BCUT2D eigenvalue weighted by atomic mass is 9.71. The largest absolute Gasteiger partial charge is 0.469 e. The van der Waals surface area contributed by atoms with E-state index in [1.165, 1.54) is 7.11 Å². The summed E-state index contributed by atoms with van der Waals surface area (Å²) >= 11 is 0. The quantitative estimate of drug-likeness (QED) is 0.443. The van der Waals surface area contributed by atoms with Gasteiger partial charge in [-0.05, 0) is 25.7 Å². The van der Waals surface area contributed by atoms with E-state index < -0.39 is 0 Å². The van der Waals surface area contributed by atoms with Crippen molar-refractivity contribution in [1.82, 2.24) is 0 Å². The number of allylic oxidation sites excluding steroid dienone is 2. The third-order valence-electron chi connectivity index (χ3n) is 2.91. The highest BCUT2D eigenvalue weighted by atomic mass is 16.5. The fraction of sp³-hybridized carbons (Fsp3) is 0.700. The molecule has 68 valence electrons. The van der Waals surface area contributed by atoms with Gasteiger partial charge in [0, 0.05) is 0 Å². The summed E-state index contributed by atoms with van der Waals surface area (Å²) in [7, 11) is 1.46. The highest BCUT2D eigenvalue weighted by Crippen LogP contribution is 2.37. The molecule has 2 nitrogen and oxygen atoms in total. The van der Waals surface area contributed by atoms with Crippen LogP contribution in [0.2, 0.25) is 0 Å². The van der Waals surface area contributed by atoms with Gasteiger partial charge in [-0.2, -0.15) is 0 Å². The maximum atomic E-state index is 11.4. The SMILES string of the molecule is COC(=O)[C@]1(C)CCC=C[C@@H]1C. The molecule has 1 aliphatic rings. The van der Waals surface area contributed by atoms with Gasteiger partial charge in [0.15, 0.2) is 0 Å². The van der Waals surface area contributed by atoms with Crippen molar-refractivity contribution in [3.05, 3.63) is 12.2 Å². The molecule has 0 saturated carbocycles. The Labute approximate surface area is 73.6 Å². The third-order valence-corrected chi connectivity index (χ3v) is 2.91. The van der Waals surface area contributed by atoms with Crippen LogP contribution in [0.5, 0.6) is 0 Å². The average molecular weight is 168 g/mol. The normalized spacial score (nSPS) is 34.8. The van der Waals surface area contributed by atoms with Gasteiger partial charge in [0.1, 0.15) is 0 Å². The number of esters is 1. The molecule has 12 heavy (non-hydrogen) atoms. The summed E-state index contributed by atoms with van der Waals surface area (Å²) in [6, 6.07) is 0. The molecule has 0 bridgehead atoms. The van der Waals surface area contributed by atoms with Crippen molar-refractivity contribution in [1.29, 1.82) is 0 Å². The second-order valence-electron chi connectivity index (χ2n) is 3.66. The van der Waals surface area contributed by atoms with Gasteiger partial charge in [-0.3, -0.25) is 4.79 Å². The number of hydrogen-bond acceptors (Lipinski definition) is 2. The van der Waals surface area contributed by atoms with E-state index in [1.54, 1.807) is 0 Å². The Balaban J connectivity index is 2.82. The molecule has 0 fully saturated rings. The molecule has 1 rings (SSSR count). The zero-order chi connectivity index (χ0) is 9.19. The minimum absolute atomic E-state index is 0.0839. The summed E-state index contributed by atoms with van der Waals surface area (Å²) in [4.78, 5) is 11.4. The van der Waals surface area contributed by atoms with E-state index in [2.05, 4.69) is 19.1 Å². The zero-order valence-electron chi connectivity index (χ0n) is 7.96. The van der Waals surface area contributed by atoms with Crippen molar-refractivity contribution in [2.24, 2.45) is 11.3 Å². The van der Waals surface area contributed by atoms with Gasteiger partial charge in [0.25, 0.3) is 0 Å². The van der Waals surface area contributed by atoms with Gasteiger partial charge in [-0.25, -0.2) is 0 Å². The lowest BCUT2D eigenvalue weighted by Crippen LogP contribution is -2.36. The van der Waals surface area contributed by atoms with Gasteiger partial charge in [-0.1, -0.05) is 19.1 Å². The van der Waals surface area contributed by atoms with Crippen molar-refractivity contribution >= 4 is 5.97 Å². The lowest BCUT2D eigenvalue weighted by molar-refractivity contribution is -0.154. The van der Waals surface area contributed by atoms with Crippen LogP contribution in [0.3, 0.4) is 0 Å². The van der Waals surface area contributed by atoms with Crippen LogP contribution in [-0.2, 0) is 9.53 Å². The molecule has 1 aliphatic carbocycles. The van der Waals surface area contributed by atoms with Crippen LogP contribution in [0.15, 0.2) is 12.2 Å². The zero-order valence-corrected chi connectivity index (χ0v) is 7.96. The fourth-order valence-corrected chi connectivity index (χ4v) is 1.64. The van der Waals surface area contributed by atoms with Gasteiger partial charge < -0.3 is 4.74 Å². The first-order valence-corrected chi connectivity index (χ1v) is 4.36. The molecule has 0 aromatic heterocycles. The Morgan fingerprint density at radius 3 is 2.83 bits per heavy atom. The van der Waals surface area contributed by atoms with Crippen LogP contribution in [0.25, 0.3) is 0 Å². The number of methoxy groups -OCH3 is 1. The summed E-state index contributed by atoms with van der Waals surface area (Å²) in [5, 5.41) is 0. The molecule has 0 aromatic carbocycles. The summed E-state index contributed by atoms with van der Waals surface area (Å²) in [6.45, 7) is 4.04. The highest BCUT2D eigenvalue weighted by molar-refractivity contribution is 5.77. The topological polar surface area (TPSA) is 26.3 Å². The second kappa shape index (κ2) is 3.30. The molecule has 2 atom stereocenters. The molecular weight excluding hydrogens is 152 g/mol. The first-order chi connectivity index (χ1) is 5.61. The smallest absolute Gasteiger partial charge is 0.312 e. The molecule has 0 heterocycles. The number of rotatable bonds is 1. The number of hydrogen-bond donors (Lipinski definition) is 0. The second-order valence-corrected chi connectivity index (χ2v) is 3.66. The van der Waals surface area contributed by atoms with Crippen molar-refractivity contribution in [2.45, 2.75) is 26.7 Å². The third kappa shape index (κ3) is 1.38. The lowest BCUT2D eigenvalue weighted by Gasteiger charge is -2.33. The van der Waals surface area contributed by atoms with Crippen molar-refractivity contribution in [2.75, 3.05) is 7.11 Å². The number of ether oxygens (including phenoxy) is 1. The monoisotopic (exact) mass is 168 g/mol. The summed E-state index contributed by atoms with van der Waals surface area (Å²) in [5.41, 5.74) is -0.302. The standard InChI is InChI=1S/C10H16O2/c1-8-6-4-5-7-10(8,2)9(11)12-3/h4,6,8H,5,7H2,1-3H3/t8-,10+/m0/s1. The van der Waals surface area contributed by atoms with Crippen LogP contribution >= 0.6 is 0 Å². The Hall–Kier alpha value is -0.790. The van der Waals surface area contributed by atoms with Crippen molar-refractivity contribution < 1.29 is 9.53 Å². The molecule has 0 saturated heterocycles. The Morgan fingerprint density at radius 1 is 1.67 bits per heavy atom. The van der Waals surface area contributed by atoms with Crippen LogP contribution in [0.1, 0.15) is 26.7 Å². The molecular formula is C10H16O2. The molecule has 0 N–H and O–H groups in total. The molecule has 0 spiro atoms. The van der Waals surface area contributed by atoms with Crippen LogP contribution in [0, 0.1) is 11.3 Å². The summed E-state index contributed by atoms with van der Waals surface area (Å²) < 4.78 is 4.79. The predicted molar refractivity (Wildman–Crippen MR) is 47.7 cm³/mol. The summed E-state index contributed by atoms with van der Waals surface area (Å²) in [5.74, 6) is 0.207. The Kier molecular flexibility index (Phi) is 2.55. The van der Waals surface area contributed by atoms with Crippen LogP contribution < -0.4 is 0 Å². The number of carbonyl (C=O) groups excluding carboxylic acids is 1. The van der Waals surface area contributed by atoms with Gasteiger partial charge >= 0.3 is 5.97 Å². The van der Waals surface area contributed by atoms with E-state index >= 15 is 0 Å². The van der Waals surface area contributed by atoms with Gasteiger partial charge in [-0.15, -0.1) is 0 Å². The van der Waals surface area contributed by atoms with E-state index in [0.717, 1.165) is 12.8 Å².